The van der Waals surface area contributed by atoms with Crippen LogP contribution in [-0.2, 0) is 47.5 Å². The molecule has 8 aromatic carbocycles. The van der Waals surface area contributed by atoms with Crippen molar-refractivity contribution >= 4 is 55.8 Å². The van der Waals surface area contributed by atoms with E-state index in [0.717, 1.165) is 90.5 Å². The molecule has 8 rings (SSSR count). The smallest absolute Gasteiger partial charge is 0.306 e. The summed E-state index contributed by atoms with van der Waals surface area (Å²) >= 11 is 11.9. The fourth-order valence-corrected chi connectivity index (χ4v) is 12.6. The third kappa shape index (κ3) is 36.7. The maximum absolute atomic E-state index is 11.6. The number of nitrogens with one attached hydrogen (secondary N) is 1. The first-order valence-electron chi connectivity index (χ1n) is 38.6. The van der Waals surface area contributed by atoms with Gasteiger partial charge in [-0.05, 0) is 169 Å². The molecule has 0 unspecified atom stereocenters. The number of esters is 3. The number of carbonyl (C=O) groups is 3. The minimum absolute atomic E-state index is 0.00157. The van der Waals surface area contributed by atoms with E-state index in [4.69, 9.17) is 79.1 Å². The van der Waals surface area contributed by atoms with E-state index in [-0.39, 0.29) is 195 Å². The second kappa shape index (κ2) is 57.1. The molecule has 30 heteroatoms. The van der Waals surface area contributed by atoms with Crippen molar-refractivity contribution in [1.29, 1.82) is 0 Å². The molecule has 0 bridgehead atoms. The third-order valence-corrected chi connectivity index (χ3v) is 19.4. The van der Waals surface area contributed by atoms with Gasteiger partial charge in [-0.15, -0.1) is 0 Å². The Hall–Kier alpha value is -9.22. The summed E-state index contributed by atoms with van der Waals surface area (Å²) in [4.78, 5) is 34.7. The number of rotatable bonds is 41. The van der Waals surface area contributed by atoms with E-state index < -0.39 is 28.7 Å². The Labute approximate surface area is 713 Å². The predicted molar refractivity (Wildman–Crippen MR) is 463 cm³/mol. The summed E-state index contributed by atoms with van der Waals surface area (Å²) in [5, 5.41) is 151. The highest BCUT2D eigenvalue weighted by Gasteiger charge is 2.36. The van der Waals surface area contributed by atoms with Crippen LogP contribution in [0.4, 0.5) is 0 Å². The lowest BCUT2D eigenvalue weighted by molar-refractivity contribution is -0.161. The lowest BCUT2D eigenvalue weighted by Gasteiger charge is -2.32. The molecule has 0 aliphatic carbocycles. The van der Waals surface area contributed by atoms with Crippen LogP contribution < -0.4 is 5.32 Å². The maximum Gasteiger partial charge on any atom is 0.306 e. The maximum atomic E-state index is 11.6. The summed E-state index contributed by atoms with van der Waals surface area (Å²) in [6, 6.07) is 43.2. The van der Waals surface area contributed by atoms with Gasteiger partial charge < -0.3 is 120 Å². The fourth-order valence-electron chi connectivity index (χ4n) is 12.1. The van der Waals surface area contributed by atoms with Crippen LogP contribution in [0.15, 0.2) is 152 Å². The zero-order valence-electron chi connectivity index (χ0n) is 68.6. The largest absolute Gasteiger partial charge is 0.508 e. The molecule has 0 spiro atoms. The van der Waals surface area contributed by atoms with Gasteiger partial charge in [0.25, 0.3) is 0 Å². The molecule has 0 saturated heterocycles. The molecule has 0 atom stereocenters. The van der Waals surface area contributed by atoms with Crippen molar-refractivity contribution in [2.75, 3.05) is 143 Å². The van der Waals surface area contributed by atoms with Crippen LogP contribution in [0.5, 0.6) is 57.5 Å². The number of phenolic OH excluding ortho intramolecular Hbond substituents is 10. The normalized spacial score (nSPS) is 11.1. The number of aliphatic hydroxyl groups excluding tert-OH is 6. The molecule has 0 aromatic heterocycles. The van der Waals surface area contributed by atoms with Gasteiger partial charge in [-0.2, -0.15) is 37.9 Å². The quantitative estimate of drug-likeness (QED) is 0.00556. The Bertz CT molecular complexity index is 3810. The number of hydrogen-bond donors (Lipinski definition) is 20. The Kier molecular flexibility index (Phi) is 49.9. The molecule has 0 fully saturated rings. The Morgan fingerprint density at radius 2 is 0.639 bits per heavy atom. The molecule has 656 valence electrons. The molecule has 119 heavy (non-hydrogen) atoms. The number of aliphatic hydroxyl groups is 6. The first-order valence-corrected chi connectivity index (χ1v) is 40.5. The molecule has 27 nitrogen and oxygen atoms in total. The summed E-state index contributed by atoms with van der Waals surface area (Å²) in [5.41, 5.74) is 10.8. The number of thiol groups is 3. The van der Waals surface area contributed by atoms with E-state index in [2.05, 4.69) is 43.2 Å². The molecule has 17 N–H and O–H groups in total. The van der Waals surface area contributed by atoms with Crippen LogP contribution in [0, 0.1) is 52.4 Å². The van der Waals surface area contributed by atoms with Crippen LogP contribution in [0.2, 0.25) is 0 Å². The van der Waals surface area contributed by atoms with Crippen molar-refractivity contribution in [3.05, 3.63) is 224 Å². The standard InChI is InChI=1S/C26H22O4.C25H28O3.C15H26O6S3.C13H28O8.C6H6O3.C4H11NO2/c27-21-9-1-17(2-10-21)25(18-3-11-22(28)12-4-18)26(19-5-13-23(29)14-6-19)20-7-15-24(30)16-8-20;1-13-11-20(15(3)17(5)24(13)27)23(19-9-7-8-10-22(19)26)21-12-14(2)25(28)18(6)16(21)4;1-2-15(9-19-12(16)3-6-22,10-20-13(17)4-7-23)11-21-14(18)5-8-24;14-1-5-18-9-13(10-19-6-2-15,11-20-7-3-16)12-21-8-4-17;7-4-1-5(8)3-6(9)2-4;6-3-1-5-2-4-7/h1-16,25-30H;7-12,23,26-28H,1-6H3;22-24H,2-11H2,1H3;14-17H,1-12H2;1-3,7-9H;5-7H,1-4H2. The number of para-hydroxylation sites is 1. The van der Waals surface area contributed by atoms with Crippen LogP contribution in [0.1, 0.15) is 123 Å². The number of ether oxygens (including phenoxy) is 7. The van der Waals surface area contributed by atoms with E-state index in [1.165, 1.54) is 0 Å². The second-order valence-electron chi connectivity index (χ2n) is 27.8. The predicted octanol–water partition coefficient (Wildman–Crippen LogP) is 10.7. The topological polar surface area (TPSA) is 452 Å². The van der Waals surface area contributed by atoms with E-state index in [1.807, 2.05) is 127 Å². The lowest BCUT2D eigenvalue weighted by atomic mass is 9.73. The third-order valence-electron chi connectivity index (χ3n) is 18.8. The molecule has 0 saturated carbocycles. The van der Waals surface area contributed by atoms with E-state index >= 15 is 0 Å². The summed E-state index contributed by atoms with van der Waals surface area (Å²) in [6.45, 7) is 16.2. The molecule has 8 aromatic rings. The monoisotopic (exact) mass is 1720 g/mol. The number of phenols is 10. The average Bonchev–Trinajstić information content (AvgIpc) is 0.760. The average molecular weight is 1720 g/mol. The van der Waals surface area contributed by atoms with Gasteiger partial charge in [0.15, 0.2) is 0 Å². The summed E-state index contributed by atoms with van der Waals surface area (Å²) in [7, 11) is 0. The Morgan fingerprint density at radius 1 is 0.353 bits per heavy atom. The second-order valence-corrected chi connectivity index (χ2v) is 29.2. The van der Waals surface area contributed by atoms with E-state index in [9.17, 15) is 50.1 Å². The highest BCUT2D eigenvalue weighted by atomic mass is 32.1. The van der Waals surface area contributed by atoms with Gasteiger partial charge in [0, 0.05) is 71.9 Å². The molecule has 0 aliphatic heterocycles. The minimum atomic E-state index is -0.773. The molecular weight excluding hydrogens is 1600 g/mol. The van der Waals surface area contributed by atoms with Crippen LogP contribution >= 0.6 is 37.9 Å². The van der Waals surface area contributed by atoms with Gasteiger partial charge in [0.1, 0.15) is 77.3 Å². The van der Waals surface area contributed by atoms with Crippen molar-refractivity contribution in [1.82, 2.24) is 5.32 Å². The molecule has 0 aliphatic rings. The van der Waals surface area contributed by atoms with Crippen LogP contribution in [0.3, 0.4) is 0 Å². The van der Waals surface area contributed by atoms with E-state index in [0.29, 0.717) is 48.3 Å². The Balaban J connectivity index is 0.000000388. The fraction of sp³-hybridized carbons (Fsp3) is 0.427. The first-order chi connectivity index (χ1) is 56.9. The summed E-state index contributed by atoms with van der Waals surface area (Å²) in [6.07, 6.45) is 1.05. The van der Waals surface area contributed by atoms with Crippen LogP contribution in [0.25, 0.3) is 0 Å². The molecule has 0 radical (unpaired) electrons. The van der Waals surface area contributed by atoms with Gasteiger partial charge >= 0.3 is 17.9 Å². The number of aryl methyl sites for hydroxylation is 2. The molecule has 0 amide bonds. The van der Waals surface area contributed by atoms with Gasteiger partial charge in [-0.25, -0.2) is 0 Å². The zero-order valence-corrected chi connectivity index (χ0v) is 71.3. The minimum Gasteiger partial charge on any atom is -0.508 e. The van der Waals surface area contributed by atoms with Gasteiger partial charge in [0.05, 0.1) is 123 Å². The first kappa shape index (κ1) is 104. The van der Waals surface area contributed by atoms with Crippen molar-refractivity contribution in [3.8, 4) is 57.5 Å². The van der Waals surface area contributed by atoms with Gasteiger partial charge in [-0.3, -0.25) is 14.4 Å². The van der Waals surface area contributed by atoms with Crippen molar-refractivity contribution in [2.24, 2.45) is 10.8 Å². The highest BCUT2D eigenvalue weighted by molar-refractivity contribution is 7.80. The summed E-state index contributed by atoms with van der Waals surface area (Å²) < 4.78 is 37.1. The SMILES string of the molecule is CCC(COC(=O)CCS)(COC(=O)CCS)COC(=O)CCS.Cc1cc(C(c2ccccc2O)c2cc(C)c(O)c(C)c2C)c(C)c(C)c1O.OCCNCCO.OCCOCC(COCCO)(COCCO)COCCO.Oc1cc(O)cc(O)c1.Oc1ccc(C(c2ccc(O)cc2)C(c2ccc(O)cc2)c2ccc(O)cc2)cc1. The van der Waals surface area contributed by atoms with Crippen molar-refractivity contribution in [2.45, 2.75) is 91.9 Å². The molecule has 0 heterocycles. The number of benzene rings is 8. The van der Waals surface area contributed by atoms with Crippen LogP contribution in [-0.4, -0.2) is 242 Å². The highest BCUT2D eigenvalue weighted by Crippen LogP contribution is 2.47. The number of hydrogen-bond acceptors (Lipinski definition) is 30. The Morgan fingerprint density at radius 3 is 0.891 bits per heavy atom. The number of carbonyl (C=O) groups excluding carboxylic acids is 3. The van der Waals surface area contributed by atoms with E-state index in [1.54, 1.807) is 54.6 Å². The number of aromatic hydroxyl groups is 10. The van der Waals surface area contributed by atoms with Gasteiger partial charge in [0.2, 0.25) is 0 Å². The van der Waals surface area contributed by atoms with Gasteiger partial charge in [-0.1, -0.05) is 85.8 Å². The van der Waals surface area contributed by atoms with Crippen molar-refractivity contribution in [3.63, 3.8) is 0 Å². The zero-order chi connectivity index (χ0) is 88.5. The molecular formula is C89H121NO26S3. The lowest BCUT2D eigenvalue weighted by Crippen LogP contribution is -2.42. The summed E-state index contributed by atoms with van der Waals surface area (Å²) in [5.74, 6) is 0.640. The van der Waals surface area contributed by atoms with Crippen molar-refractivity contribution < 1.29 is 129 Å².